The fourth-order valence-corrected chi connectivity index (χ4v) is 3.00. The van der Waals surface area contributed by atoms with Crippen LogP contribution < -0.4 is 10.2 Å². The molecule has 3 rings (SSSR count). The second-order valence-electron chi connectivity index (χ2n) is 6.21. The number of hydrogen-bond acceptors (Lipinski definition) is 3. The maximum atomic E-state index is 4.73. The topological polar surface area (TPSA) is 28.2 Å². The monoisotopic (exact) mass is 337 g/mol. The highest BCUT2D eigenvalue weighted by molar-refractivity contribution is 9.10. The third kappa shape index (κ3) is 3.95. The van der Waals surface area contributed by atoms with Crippen LogP contribution in [0.3, 0.4) is 0 Å². The molecule has 2 fully saturated rings. The van der Waals surface area contributed by atoms with Crippen molar-refractivity contribution in [2.75, 3.05) is 24.5 Å². The lowest BCUT2D eigenvalue weighted by Gasteiger charge is -2.26. The van der Waals surface area contributed by atoms with E-state index < -0.39 is 0 Å². The van der Waals surface area contributed by atoms with Crippen molar-refractivity contribution in [2.45, 2.75) is 39.2 Å². The summed E-state index contributed by atoms with van der Waals surface area (Å²) in [6.45, 7) is 6.45. The van der Waals surface area contributed by atoms with Gasteiger partial charge in [-0.25, -0.2) is 4.98 Å². The Morgan fingerprint density at radius 3 is 2.45 bits per heavy atom. The maximum absolute atomic E-state index is 4.73. The Balaban J connectivity index is 1.78. The van der Waals surface area contributed by atoms with E-state index in [1.54, 1.807) is 0 Å². The molecule has 0 saturated heterocycles. The first kappa shape index (κ1) is 14.3. The first-order valence-corrected chi connectivity index (χ1v) is 8.65. The second kappa shape index (κ2) is 6.44. The minimum atomic E-state index is 0.907. The molecule has 0 spiro atoms. The van der Waals surface area contributed by atoms with Gasteiger partial charge in [0.25, 0.3) is 0 Å². The molecule has 2 aliphatic rings. The Labute approximate surface area is 130 Å². The van der Waals surface area contributed by atoms with Crippen molar-refractivity contribution in [3.63, 3.8) is 0 Å². The summed E-state index contributed by atoms with van der Waals surface area (Å²) in [7, 11) is 0. The van der Waals surface area contributed by atoms with Crippen LogP contribution >= 0.6 is 15.9 Å². The van der Waals surface area contributed by atoms with E-state index in [2.05, 4.69) is 39.1 Å². The molecule has 1 heterocycles. The molecule has 3 nitrogen and oxygen atoms in total. The van der Waals surface area contributed by atoms with Gasteiger partial charge in [0.15, 0.2) is 0 Å². The number of aromatic nitrogens is 1. The molecule has 110 valence electrons. The van der Waals surface area contributed by atoms with Gasteiger partial charge in [0.2, 0.25) is 0 Å². The van der Waals surface area contributed by atoms with Gasteiger partial charge in [-0.3, -0.25) is 0 Å². The first-order chi connectivity index (χ1) is 9.76. The van der Waals surface area contributed by atoms with Gasteiger partial charge in [-0.2, -0.15) is 0 Å². The third-order valence-electron chi connectivity index (χ3n) is 4.13. The summed E-state index contributed by atoms with van der Waals surface area (Å²) >= 11 is 3.55. The van der Waals surface area contributed by atoms with E-state index in [9.17, 15) is 0 Å². The maximum Gasteiger partial charge on any atom is 0.133 e. The summed E-state index contributed by atoms with van der Waals surface area (Å²) in [5.74, 6) is 3.02. The van der Waals surface area contributed by atoms with Crippen molar-refractivity contribution in [3.05, 3.63) is 22.3 Å². The summed E-state index contributed by atoms with van der Waals surface area (Å²) in [4.78, 5) is 7.28. The highest BCUT2D eigenvalue weighted by Gasteiger charge is 2.30. The second-order valence-corrected chi connectivity index (χ2v) is 7.12. The Kier molecular flexibility index (Phi) is 4.61. The molecule has 0 amide bonds. The highest BCUT2D eigenvalue weighted by atomic mass is 79.9. The smallest absolute Gasteiger partial charge is 0.133 e. The summed E-state index contributed by atoms with van der Waals surface area (Å²) in [6.07, 6.45) is 7.55. The molecule has 4 heteroatoms. The summed E-state index contributed by atoms with van der Waals surface area (Å²) in [5.41, 5.74) is 1.32. The van der Waals surface area contributed by atoms with Gasteiger partial charge in [0.05, 0.1) is 0 Å². The van der Waals surface area contributed by atoms with Crippen molar-refractivity contribution in [1.29, 1.82) is 0 Å². The molecule has 1 N–H and O–H groups in total. The molecule has 0 radical (unpaired) electrons. The van der Waals surface area contributed by atoms with E-state index in [0.29, 0.717) is 0 Å². The largest absolute Gasteiger partial charge is 0.356 e. The number of hydrogen-bond donors (Lipinski definition) is 1. The molecule has 0 atom stereocenters. The minimum Gasteiger partial charge on any atom is -0.356 e. The van der Waals surface area contributed by atoms with Crippen LogP contribution in [0.4, 0.5) is 5.82 Å². The van der Waals surface area contributed by atoms with Gasteiger partial charge in [-0.15, -0.1) is 0 Å². The summed E-state index contributed by atoms with van der Waals surface area (Å²) in [6, 6.07) is 2.22. The SMILES string of the molecule is CCNCc1cc(Br)cnc1N(CC1CC1)CC1CC1. The average Bonchev–Trinajstić information content (AvgIpc) is 3.31. The van der Waals surface area contributed by atoms with Crippen LogP contribution in [0.15, 0.2) is 16.7 Å². The number of nitrogens with zero attached hydrogens (tertiary/aromatic N) is 2. The Bertz CT molecular complexity index is 441. The standard InChI is InChI=1S/C16H24BrN3/c1-2-18-8-14-7-15(17)9-19-16(14)20(10-12-3-4-12)11-13-5-6-13/h7,9,12-13,18H,2-6,8,10-11H2,1H3. The summed E-state index contributed by atoms with van der Waals surface area (Å²) in [5, 5.41) is 3.44. The van der Waals surface area contributed by atoms with Crippen molar-refractivity contribution in [1.82, 2.24) is 10.3 Å². The molecule has 2 aliphatic carbocycles. The van der Waals surface area contributed by atoms with Gasteiger partial charge in [0.1, 0.15) is 5.82 Å². The van der Waals surface area contributed by atoms with Crippen LogP contribution in [-0.4, -0.2) is 24.6 Å². The van der Waals surface area contributed by atoms with E-state index in [1.807, 2.05) is 6.20 Å². The lowest BCUT2D eigenvalue weighted by Crippen LogP contribution is -2.30. The zero-order valence-electron chi connectivity index (χ0n) is 12.2. The molecular formula is C16H24BrN3. The molecule has 0 aliphatic heterocycles. The van der Waals surface area contributed by atoms with Gasteiger partial charge in [0, 0.05) is 35.9 Å². The zero-order chi connectivity index (χ0) is 13.9. The normalized spacial score (nSPS) is 18.3. The van der Waals surface area contributed by atoms with Crippen molar-refractivity contribution < 1.29 is 0 Å². The van der Waals surface area contributed by atoms with Gasteiger partial charge in [-0.05, 0) is 66.1 Å². The summed E-state index contributed by atoms with van der Waals surface area (Å²) < 4.78 is 1.08. The van der Waals surface area contributed by atoms with Crippen molar-refractivity contribution in [2.24, 2.45) is 11.8 Å². The highest BCUT2D eigenvalue weighted by Crippen LogP contribution is 2.36. The number of rotatable bonds is 8. The number of nitrogens with one attached hydrogen (secondary N) is 1. The Morgan fingerprint density at radius 1 is 1.25 bits per heavy atom. The van der Waals surface area contributed by atoms with Crippen LogP contribution in [-0.2, 0) is 6.54 Å². The lowest BCUT2D eigenvalue weighted by molar-refractivity contribution is 0.658. The first-order valence-electron chi connectivity index (χ1n) is 7.86. The number of pyridine rings is 1. The Morgan fingerprint density at radius 2 is 1.90 bits per heavy atom. The Hall–Kier alpha value is -0.610. The predicted molar refractivity (Wildman–Crippen MR) is 87.0 cm³/mol. The van der Waals surface area contributed by atoms with Gasteiger partial charge >= 0.3 is 0 Å². The predicted octanol–water partition coefficient (Wildman–Crippen LogP) is 3.58. The zero-order valence-corrected chi connectivity index (χ0v) is 13.8. The molecule has 2 saturated carbocycles. The van der Waals surface area contributed by atoms with E-state index >= 15 is 0 Å². The van der Waals surface area contributed by atoms with Crippen LogP contribution in [0.1, 0.15) is 38.2 Å². The van der Waals surface area contributed by atoms with E-state index in [4.69, 9.17) is 4.98 Å². The van der Waals surface area contributed by atoms with E-state index in [1.165, 1.54) is 50.2 Å². The molecule has 1 aromatic heterocycles. The lowest BCUT2D eigenvalue weighted by atomic mass is 10.2. The van der Waals surface area contributed by atoms with Crippen LogP contribution in [0.5, 0.6) is 0 Å². The van der Waals surface area contributed by atoms with Crippen LogP contribution in [0, 0.1) is 11.8 Å². The van der Waals surface area contributed by atoms with Gasteiger partial charge < -0.3 is 10.2 Å². The van der Waals surface area contributed by atoms with E-state index in [-0.39, 0.29) is 0 Å². The molecule has 0 aromatic carbocycles. The third-order valence-corrected chi connectivity index (χ3v) is 4.56. The molecule has 1 aromatic rings. The quantitative estimate of drug-likeness (QED) is 0.785. The fourth-order valence-electron chi connectivity index (χ4n) is 2.62. The van der Waals surface area contributed by atoms with Crippen LogP contribution in [0.25, 0.3) is 0 Å². The van der Waals surface area contributed by atoms with E-state index in [0.717, 1.165) is 29.4 Å². The molecule has 0 bridgehead atoms. The van der Waals surface area contributed by atoms with Gasteiger partial charge in [-0.1, -0.05) is 6.92 Å². The number of anilines is 1. The fraction of sp³-hybridized carbons (Fsp3) is 0.688. The minimum absolute atomic E-state index is 0.907. The van der Waals surface area contributed by atoms with Crippen LogP contribution in [0.2, 0.25) is 0 Å². The molecule has 0 unspecified atom stereocenters. The average molecular weight is 338 g/mol. The molecular weight excluding hydrogens is 314 g/mol. The number of halogens is 1. The molecule has 20 heavy (non-hydrogen) atoms. The van der Waals surface area contributed by atoms with Crippen molar-refractivity contribution >= 4 is 21.7 Å². The van der Waals surface area contributed by atoms with Crippen molar-refractivity contribution in [3.8, 4) is 0 Å².